The van der Waals surface area contributed by atoms with Crippen molar-refractivity contribution in [1.82, 2.24) is 9.80 Å². The highest BCUT2D eigenvalue weighted by Crippen LogP contribution is 2.39. The maximum atomic E-state index is 12.2. The van der Waals surface area contributed by atoms with Gasteiger partial charge < -0.3 is 14.9 Å². The quantitative estimate of drug-likeness (QED) is 0.776. The molecule has 1 atom stereocenters. The molecule has 1 spiro atoms. The molecule has 0 aromatic rings. The van der Waals surface area contributed by atoms with Crippen LogP contribution in [0.25, 0.3) is 0 Å². The van der Waals surface area contributed by atoms with Crippen LogP contribution in [0.5, 0.6) is 0 Å². The van der Waals surface area contributed by atoms with Crippen molar-refractivity contribution >= 4 is 11.9 Å². The number of hydrogen-bond acceptors (Lipinski definition) is 3. The Morgan fingerprint density at radius 3 is 2.88 bits per heavy atom. The zero-order valence-electron chi connectivity index (χ0n) is 10.3. The Kier molecular flexibility index (Phi) is 3.38. The molecule has 17 heavy (non-hydrogen) atoms. The van der Waals surface area contributed by atoms with Crippen LogP contribution in [0.1, 0.15) is 25.7 Å². The molecule has 0 aliphatic carbocycles. The van der Waals surface area contributed by atoms with Crippen molar-refractivity contribution in [3.63, 3.8) is 0 Å². The molecule has 0 saturated carbocycles. The summed E-state index contributed by atoms with van der Waals surface area (Å²) in [4.78, 5) is 26.7. The molecule has 96 valence electrons. The van der Waals surface area contributed by atoms with Crippen LogP contribution in [0.3, 0.4) is 0 Å². The molecule has 0 radical (unpaired) electrons. The van der Waals surface area contributed by atoms with Crippen molar-refractivity contribution in [2.45, 2.75) is 25.7 Å². The largest absolute Gasteiger partial charge is 0.481 e. The Hall–Kier alpha value is -1.10. The van der Waals surface area contributed by atoms with Crippen molar-refractivity contribution in [2.75, 3.05) is 33.2 Å². The summed E-state index contributed by atoms with van der Waals surface area (Å²) in [6.45, 7) is 3.01. The van der Waals surface area contributed by atoms with Gasteiger partial charge in [0.15, 0.2) is 0 Å². The molecular formula is C12H20N2O3. The van der Waals surface area contributed by atoms with E-state index in [0.717, 1.165) is 38.9 Å². The van der Waals surface area contributed by atoms with E-state index in [2.05, 4.69) is 4.90 Å². The molecule has 2 aliphatic heterocycles. The number of hydrogen-bond donors (Lipinski definition) is 1. The van der Waals surface area contributed by atoms with Gasteiger partial charge in [-0.05, 0) is 25.8 Å². The van der Waals surface area contributed by atoms with E-state index in [9.17, 15) is 9.59 Å². The van der Waals surface area contributed by atoms with Crippen LogP contribution in [0, 0.1) is 5.41 Å². The molecular weight excluding hydrogens is 220 g/mol. The Morgan fingerprint density at radius 1 is 1.41 bits per heavy atom. The summed E-state index contributed by atoms with van der Waals surface area (Å²) < 4.78 is 0. The second-order valence-electron chi connectivity index (χ2n) is 5.28. The average Bonchev–Trinajstić information content (AvgIpc) is 2.68. The molecule has 2 saturated heterocycles. The Morgan fingerprint density at radius 2 is 2.18 bits per heavy atom. The molecule has 2 aliphatic rings. The molecule has 0 bridgehead atoms. The second kappa shape index (κ2) is 4.64. The number of rotatable bonds is 3. The third-order valence-corrected chi connectivity index (χ3v) is 4.02. The number of piperidine rings is 1. The fourth-order valence-electron chi connectivity index (χ4n) is 3.05. The van der Waals surface area contributed by atoms with Gasteiger partial charge >= 0.3 is 5.97 Å². The molecule has 2 fully saturated rings. The lowest BCUT2D eigenvalue weighted by Gasteiger charge is -2.37. The Balaban J connectivity index is 1.95. The summed E-state index contributed by atoms with van der Waals surface area (Å²) in [6.07, 6.45) is 3.07. The molecule has 2 heterocycles. The molecule has 1 unspecified atom stereocenters. The molecule has 5 nitrogen and oxygen atoms in total. The Bertz CT molecular complexity index is 332. The van der Waals surface area contributed by atoms with E-state index in [4.69, 9.17) is 5.11 Å². The summed E-state index contributed by atoms with van der Waals surface area (Å²) in [5, 5.41) is 8.67. The fraction of sp³-hybridized carbons (Fsp3) is 0.833. The molecule has 1 amide bonds. The molecule has 0 aromatic carbocycles. The SMILES string of the molecule is CN1CCCC2(CCN(CCC(=O)O)C2)C1=O. The van der Waals surface area contributed by atoms with Gasteiger partial charge in [-0.25, -0.2) is 0 Å². The van der Waals surface area contributed by atoms with Gasteiger partial charge in [-0.15, -0.1) is 0 Å². The number of aliphatic carboxylic acids is 1. The zero-order chi connectivity index (χ0) is 12.5. The van der Waals surface area contributed by atoms with Crippen molar-refractivity contribution in [1.29, 1.82) is 0 Å². The normalized spacial score (nSPS) is 30.2. The van der Waals surface area contributed by atoms with Gasteiger partial charge in [-0.1, -0.05) is 0 Å². The topological polar surface area (TPSA) is 60.9 Å². The maximum Gasteiger partial charge on any atom is 0.304 e. The van der Waals surface area contributed by atoms with E-state index in [1.165, 1.54) is 0 Å². The zero-order valence-corrected chi connectivity index (χ0v) is 10.3. The number of nitrogens with zero attached hydrogens (tertiary/aromatic N) is 2. The summed E-state index contributed by atoms with van der Waals surface area (Å²) in [5.74, 6) is -0.514. The maximum absolute atomic E-state index is 12.2. The van der Waals surface area contributed by atoms with Gasteiger partial charge in [-0.3, -0.25) is 9.59 Å². The van der Waals surface area contributed by atoms with Gasteiger partial charge in [0.2, 0.25) is 5.91 Å². The van der Waals surface area contributed by atoms with Gasteiger partial charge in [0.1, 0.15) is 0 Å². The molecule has 5 heteroatoms. The standard InChI is InChI=1S/C12H20N2O3/c1-13-6-2-4-12(11(13)17)5-8-14(9-12)7-3-10(15)16/h2-9H2,1H3,(H,15,16). The van der Waals surface area contributed by atoms with Gasteiger partial charge in [-0.2, -0.15) is 0 Å². The van der Waals surface area contributed by atoms with Gasteiger partial charge in [0, 0.05) is 26.7 Å². The number of amides is 1. The first-order valence-electron chi connectivity index (χ1n) is 6.23. The molecule has 1 N–H and O–H groups in total. The van der Waals surface area contributed by atoms with Gasteiger partial charge in [0.25, 0.3) is 0 Å². The van der Waals surface area contributed by atoms with Gasteiger partial charge in [0.05, 0.1) is 11.8 Å². The summed E-state index contributed by atoms with van der Waals surface area (Å²) in [6, 6.07) is 0. The summed E-state index contributed by atoms with van der Waals surface area (Å²) in [5.41, 5.74) is -0.217. The lowest BCUT2D eigenvalue weighted by atomic mass is 9.78. The lowest BCUT2D eigenvalue weighted by molar-refractivity contribution is -0.143. The van der Waals surface area contributed by atoms with Crippen LogP contribution in [0.2, 0.25) is 0 Å². The van der Waals surface area contributed by atoms with E-state index in [1.807, 2.05) is 11.9 Å². The number of carbonyl (C=O) groups excluding carboxylic acids is 1. The highest BCUT2D eigenvalue weighted by Gasteiger charge is 2.47. The first-order valence-corrected chi connectivity index (χ1v) is 6.23. The summed E-state index contributed by atoms with van der Waals surface area (Å²) in [7, 11) is 1.86. The van der Waals surface area contributed by atoms with E-state index >= 15 is 0 Å². The van der Waals surface area contributed by atoms with E-state index in [0.29, 0.717) is 6.54 Å². The second-order valence-corrected chi connectivity index (χ2v) is 5.28. The predicted molar refractivity (Wildman–Crippen MR) is 62.6 cm³/mol. The summed E-state index contributed by atoms with van der Waals surface area (Å²) >= 11 is 0. The van der Waals surface area contributed by atoms with Crippen LogP contribution >= 0.6 is 0 Å². The number of carboxylic acid groups (broad SMARTS) is 1. The van der Waals surface area contributed by atoms with E-state index in [-0.39, 0.29) is 17.7 Å². The van der Waals surface area contributed by atoms with Crippen LogP contribution < -0.4 is 0 Å². The monoisotopic (exact) mass is 240 g/mol. The molecule has 0 aromatic heterocycles. The minimum atomic E-state index is -0.766. The molecule has 2 rings (SSSR count). The van der Waals surface area contributed by atoms with Crippen molar-refractivity contribution in [2.24, 2.45) is 5.41 Å². The van der Waals surface area contributed by atoms with Crippen LogP contribution in [-0.2, 0) is 9.59 Å². The van der Waals surface area contributed by atoms with Crippen molar-refractivity contribution in [3.8, 4) is 0 Å². The van der Waals surface area contributed by atoms with Crippen LogP contribution in [-0.4, -0.2) is 60.0 Å². The number of likely N-dealkylation sites (tertiary alicyclic amines) is 2. The Labute approximate surface area is 101 Å². The number of carbonyl (C=O) groups is 2. The van der Waals surface area contributed by atoms with Crippen LogP contribution in [0.15, 0.2) is 0 Å². The minimum absolute atomic E-state index is 0.167. The first-order chi connectivity index (χ1) is 8.03. The van der Waals surface area contributed by atoms with Crippen molar-refractivity contribution < 1.29 is 14.7 Å². The third-order valence-electron chi connectivity index (χ3n) is 4.02. The highest BCUT2D eigenvalue weighted by atomic mass is 16.4. The van der Waals surface area contributed by atoms with E-state index < -0.39 is 5.97 Å². The van der Waals surface area contributed by atoms with Crippen molar-refractivity contribution in [3.05, 3.63) is 0 Å². The highest BCUT2D eigenvalue weighted by molar-refractivity contribution is 5.83. The predicted octanol–water partition coefficient (Wildman–Crippen LogP) is 0.405. The lowest BCUT2D eigenvalue weighted by Crippen LogP contribution is -2.48. The average molecular weight is 240 g/mol. The smallest absolute Gasteiger partial charge is 0.304 e. The fourth-order valence-corrected chi connectivity index (χ4v) is 3.05. The minimum Gasteiger partial charge on any atom is -0.481 e. The number of carboxylic acids is 1. The van der Waals surface area contributed by atoms with Crippen LogP contribution in [0.4, 0.5) is 0 Å². The van der Waals surface area contributed by atoms with E-state index in [1.54, 1.807) is 0 Å². The third kappa shape index (κ3) is 2.44. The first kappa shape index (κ1) is 12.4.